The number of hydrogen-bond donors (Lipinski definition) is 2. The van der Waals surface area contributed by atoms with Gasteiger partial charge in [0.15, 0.2) is 23.0 Å². The van der Waals surface area contributed by atoms with E-state index in [0.29, 0.717) is 42.1 Å². The molecule has 1 amide bonds. The Hall–Kier alpha value is -3.72. The van der Waals surface area contributed by atoms with Crippen molar-refractivity contribution in [2.24, 2.45) is 0 Å². The Bertz CT molecular complexity index is 1130. The van der Waals surface area contributed by atoms with Gasteiger partial charge < -0.3 is 34.2 Å². The highest BCUT2D eigenvalue weighted by Gasteiger charge is 2.46. The highest BCUT2D eigenvalue weighted by molar-refractivity contribution is 6.46. The second-order valence-corrected chi connectivity index (χ2v) is 8.15. The summed E-state index contributed by atoms with van der Waals surface area (Å²) in [6.45, 7) is 1.09. The lowest BCUT2D eigenvalue weighted by Gasteiger charge is -2.26. The number of likely N-dealkylation sites (tertiary alicyclic amines) is 1. The summed E-state index contributed by atoms with van der Waals surface area (Å²) in [6.07, 6.45) is 0.628. The summed E-state index contributed by atoms with van der Waals surface area (Å²) in [4.78, 5) is 29.5. The quantitative estimate of drug-likeness (QED) is 0.373. The first kappa shape index (κ1) is 22.5. The van der Waals surface area contributed by atoms with E-state index in [1.807, 2.05) is 19.0 Å². The van der Waals surface area contributed by atoms with Gasteiger partial charge in [-0.3, -0.25) is 9.59 Å². The second-order valence-electron chi connectivity index (χ2n) is 8.15. The molecule has 1 fully saturated rings. The molecule has 33 heavy (non-hydrogen) atoms. The molecule has 2 aromatic rings. The number of rotatable bonds is 7. The lowest BCUT2D eigenvalue weighted by atomic mass is 9.94. The van der Waals surface area contributed by atoms with Crippen LogP contribution in [0, 0.1) is 0 Å². The van der Waals surface area contributed by atoms with Gasteiger partial charge in [-0.25, -0.2) is 0 Å². The standard InChI is InChI=1S/C24H26N2O7/c1-25(2)9-4-10-26-21(14-5-7-17(31-3)16(27)11-14)20(23(29)24(26)30)22(28)15-6-8-18-19(12-15)33-13-32-18/h5-8,11-12,21,27-28H,4,9-10,13H2,1-3H3/b22-20-. The maximum absolute atomic E-state index is 13.1. The smallest absolute Gasteiger partial charge is 0.295 e. The average molecular weight is 454 g/mol. The molecule has 0 spiro atoms. The van der Waals surface area contributed by atoms with Crippen LogP contribution in [0.15, 0.2) is 42.0 Å². The summed E-state index contributed by atoms with van der Waals surface area (Å²) < 4.78 is 15.8. The van der Waals surface area contributed by atoms with Crippen molar-refractivity contribution < 1.29 is 34.0 Å². The number of carbonyl (C=O) groups excluding carboxylic acids is 2. The zero-order valence-corrected chi connectivity index (χ0v) is 18.7. The van der Waals surface area contributed by atoms with Crippen LogP contribution in [0.4, 0.5) is 0 Å². The number of amides is 1. The van der Waals surface area contributed by atoms with E-state index in [9.17, 15) is 19.8 Å². The summed E-state index contributed by atoms with van der Waals surface area (Å²) in [5.41, 5.74) is 0.765. The molecule has 1 unspecified atom stereocenters. The Morgan fingerprint density at radius 2 is 1.91 bits per heavy atom. The Kier molecular flexibility index (Phi) is 6.15. The van der Waals surface area contributed by atoms with Gasteiger partial charge in [-0.2, -0.15) is 0 Å². The van der Waals surface area contributed by atoms with Crippen LogP contribution in [0.25, 0.3) is 5.76 Å². The summed E-state index contributed by atoms with van der Waals surface area (Å²) in [5.74, 6) is -0.685. The first-order chi connectivity index (χ1) is 15.8. The Morgan fingerprint density at radius 3 is 2.61 bits per heavy atom. The number of aliphatic hydroxyl groups is 1. The predicted molar refractivity (Wildman–Crippen MR) is 119 cm³/mol. The molecule has 2 aliphatic heterocycles. The van der Waals surface area contributed by atoms with E-state index in [4.69, 9.17) is 14.2 Å². The Morgan fingerprint density at radius 1 is 1.15 bits per heavy atom. The van der Waals surface area contributed by atoms with E-state index in [0.717, 1.165) is 0 Å². The molecule has 2 aromatic carbocycles. The van der Waals surface area contributed by atoms with Crippen LogP contribution in [0.5, 0.6) is 23.0 Å². The van der Waals surface area contributed by atoms with Crippen molar-refractivity contribution in [2.45, 2.75) is 12.5 Å². The Labute approximate surface area is 191 Å². The maximum atomic E-state index is 13.1. The van der Waals surface area contributed by atoms with Crippen LogP contribution in [-0.4, -0.2) is 72.8 Å². The van der Waals surface area contributed by atoms with Crippen molar-refractivity contribution >= 4 is 17.4 Å². The number of nitrogens with zero attached hydrogens (tertiary/aromatic N) is 2. The number of ketones is 1. The summed E-state index contributed by atoms with van der Waals surface area (Å²) >= 11 is 0. The van der Waals surface area contributed by atoms with Gasteiger partial charge in [-0.1, -0.05) is 6.07 Å². The van der Waals surface area contributed by atoms with Crippen molar-refractivity contribution in [3.8, 4) is 23.0 Å². The molecule has 1 atom stereocenters. The van der Waals surface area contributed by atoms with Crippen molar-refractivity contribution in [3.63, 3.8) is 0 Å². The molecular formula is C24H26N2O7. The summed E-state index contributed by atoms with van der Waals surface area (Å²) in [6, 6.07) is 8.62. The van der Waals surface area contributed by atoms with Crippen LogP contribution < -0.4 is 14.2 Å². The number of aliphatic hydroxyl groups excluding tert-OH is 1. The molecule has 9 nitrogen and oxygen atoms in total. The first-order valence-electron chi connectivity index (χ1n) is 10.5. The topological polar surface area (TPSA) is 109 Å². The number of Topliss-reactive ketones (excluding diaryl/α,β-unsaturated/α-hetero) is 1. The van der Waals surface area contributed by atoms with Gasteiger partial charge in [0.25, 0.3) is 11.7 Å². The zero-order chi connectivity index (χ0) is 23.7. The van der Waals surface area contributed by atoms with Crippen molar-refractivity contribution in [1.82, 2.24) is 9.80 Å². The highest BCUT2D eigenvalue weighted by Crippen LogP contribution is 2.43. The van der Waals surface area contributed by atoms with Crippen molar-refractivity contribution in [3.05, 3.63) is 53.1 Å². The molecule has 174 valence electrons. The third-order valence-electron chi connectivity index (χ3n) is 5.71. The fourth-order valence-corrected chi connectivity index (χ4v) is 4.09. The molecule has 2 heterocycles. The molecule has 0 saturated carbocycles. The minimum absolute atomic E-state index is 0.0479. The average Bonchev–Trinajstić information content (AvgIpc) is 3.36. The fraction of sp³-hybridized carbons (Fsp3) is 0.333. The minimum Gasteiger partial charge on any atom is -0.507 e. The number of fused-ring (bicyclic) bond motifs is 1. The van der Waals surface area contributed by atoms with Crippen LogP contribution in [0.2, 0.25) is 0 Å². The van der Waals surface area contributed by atoms with Gasteiger partial charge in [0.05, 0.1) is 18.7 Å². The Balaban J connectivity index is 1.80. The van der Waals surface area contributed by atoms with E-state index in [-0.39, 0.29) is 29.6 Å². The van der Waals surface area contributed by atoms with E-state index < -0.39 is 17.7 Å². The minimum atomic E-state index is -0.866. The molecule has 0 aliphatic carbocycles. The molecule has 2 aliphatic rings. The number of phenols is 1. The van der Waals surface area contributed by atoms with E-state index in [2.05, 4.69) is 0 Å². The van der Waals surface area contributed by atoms with Gasteiger partial charge in [-0.15, -0.1) is 0 Å². The highest BCUT2D eigenvalue weighted by atomic mass is 16.7. The number of hydrogen-bond acceptors (Lipinski definition) is 8. The van der Waals surface area contributed by atoms with Gasteiger partial charge in [0.1, 0.15) is 5.76 Å². The lowest BCUT2D eigenvalue weighted by Crippen LogP contribution is -2.32. The van der Waals surface area contributed by atoms with Crippen LogP contribution in [0.1, 0.15) is 23.6 Å². The van der Waals surface area contributed by atoms with Gasteiger partial charge in [0, 0.05) is 12.1 Å². The normalized spacial score (nSPS) is 18.9. The SMILES string of the molecule is COc1ccc(C2/C(=C(/O)c3ccc4c(c3)OCO4)C(=O)C(=O)N2CCCN(C)C)cc1O. The van der Waals surface area contributed by atoms with Gasteiger partial charge in [0.2, 0.25) is 6.79 Å². The molecule has 1 saturated heterocycles. The van der Waals surface area contributed by atoms with Crippen LogP contribution in [-0.2, 0) is 9.59 Å². The lowest BCUT2D eigenvalue weighted by molar-refractivity contribution is -0.139. The maximum Gasteiger partial charge on any atom is 0.295 e. The van der Waals surface area contributed by atoms with Crippen LogP contribution >= 0.6 is 0 Å². The molecular weight excluding hydrogens is 428 g/mol. The summed E-state index contributed by atoms with van der Waals surface area (Å²) in [5, 5.41) is 21.5. The molecule has 0 aromatic heterocycles. The molecule has 2 N–H and O–H groups in total. The molecule has 0 bridgehead atoms. The number of aromatic hydroxyl groups is 1. The summed E-state index contributed by atoms with van der Waals surface area (Å²) in [7, 11) is 5.28. The van der Waals surface area contributed by atoms with Gasteiger partial charge in [-0.05, 0) is 63.0 Å². The van der Waals surface area contributed by atoms with Crippen molar-refractivity contribution in [1.29, 1.82) is 0 Å². The van der Waals surface area contributed by atoms with Crippen molar-refractivity contribution in [2.75, 3.05) is 41.1 Å². The molecule has 4 rings (SSSR count). The monoisotopic (exact) mass is 454 g/mol. The zero-order valence-electron chi connectivity index (χ0n) is 18.7. The number of carbonyl (C=O) groups is 2. The third-order valence-corrected chi connectivity index (χ3v) is 5.71. The molecule has 0 radical (unpaired) electrons. The van der Waals surface area contributed by atoms with E-state index in [1.54, 1.807) is 30.3 Å². The predicted octanol–water partition coefficient (Wildman–Crippen LogP) is 2.50. The van der Waals surface area contributed by atoms with Crippen LogP contribution in [0.3, 0.4) is 0 Å². The number of ether oxygens (including phenoxy) is 3. The fourth-order valence-electron chi connectivity index (χ4n) is 4.09. The third kappa shape index (κ3) is 4.19. The number of benzene rings is 2. The van der Waals surface area contributed by atoms with E-state index in [1.165, 1.54) is 18.1 Å². The number of methoxy groups -OCH3 is 1. The second kappa shape index (κ2) is 9.03. The largest absolute Gasteiger partial charge is 0.507 e. The van der Waals surface area contributed by atoms with Gasteiger partial charge >= 0.3 is 0 Å². The number of phenolic OH excluding ortho intramolecular Hbond substituents is 1. The molecule has 9 heteroatoms. The first-order valence-corrected chi connectivity index (χ1v) is 10.5. The van der Waals surface area contributed by atoms with E-state index >= 15 is 0 Å².